The summed E-state index contributed by atoms with van der Waals surface area (Å²) < 4.78 is 0. The topological polar surface area (TPSA) is 23.9 Å². The fourth-order valence-electron chi connectivity index (χ4n) is 2.66. The maximum absolute atomic E-state index is 7.83. The van der Waals surface area contributed by atoms with Gasteiger partial charge in [0.15, 0.2) is 0 Å². The van der Waals surface area contributed by atoms with Crippen molar-refractivity contribution >= 4 is 22.9 Å². The van der Waals surface area contributed by atoms with Crippen LogP contribution in [0.1, 0.15) is 22.3 Å². The van der Waals surface area contributed by atoms with Crippen LogP contribution < -0.4 is 5.36 Å². The number of rotatable bonds is 0. The van der Waals surface area contributed by atoms with Crippen molar-refractivity contribution < 1.29 is 0 Å². The van der Waals surface area contributed by atoms with Crippen LogP contribution in [-0.4, -0.2) is 0 Å². The lowest BCUT2D eigenvalue weighted by Gasteiger charge is -2.04. The Balaban J connectivity index is 2.01. The molecule has 0 fully saturated rings. The molecule has 0 aromatic heterocycles. The highest BCUT2D eigenvalue weighted by Crippen LogP contribution is 2.31. The average molecular weight is 217 g/mol. The molecule has 3 aromatic carbocycles. The highest BCUT2D eigenvalue weighted by atomic mass is 14.4. The maximum Gasteiger partial charge on any atom is 0.0704 e. The molecule has 0 amide bonds. The maximum atomic E-state index is 7.83. The van der Waals surface area contributed by atoms with Gasteiger partial charge in [-0.15, -0.1) is 0 Å². The summed E-state index contributed by atoms with van der Waals surface area (Å²) >= 11 is 0. The molecule has 4 rings (SSSR count). The second-order valence-corrected chi connectivity index (χ2v) is 4.64. The van der Waals surface area contributed by atoms with E-state index in [9.17, 15) is 0 Å². The predicted molar refractivity (Wildman–Crippen MR) is 70.4 cm³/mol. The van der Waals surface area contributed by atoms with Crippen LogP contribution in [0.2, 0.25) is 0 Å². The zero-order valence-corrected chi connectivity index (χ0v) is 9.33. The summed E-state index contributed by atoms with van der Waals surface area (Å²) in [4.78, 5) is 0. The minimum atomic E-state index is 0.724. The van der Waals surface area contributed by atoms with Gasteiger partial charge >= 0.3 is 0 Å². The third kappa shape index (κ3) is 1.17. The second kappa shape index (κ2) is 2.95. The smallest absolute Gasteiger partial charge is 0.0704 e. The molecule has 1 nitrogen and oxygen atoms in total. The van der Waals surface area contributed by atoms with E-state index in [2.05, 4.69) is 48.6 Å². The molecular formula is C16H11N. The molecule has 0 saturated carbocycles. The quantitative estimate of drug-likeness (QED) is 0.467. The zero-order chi connectivity index (χ0) is 11.4. The van der Waals surface area contributed by atoms with E-state index in [0.717, 1.165) is 22.6 Å². The van der Waals surface area contributed by atoms with E-state index in [4.69, 9.17) is 5.41 Å². The summed E-state index contributed by atoms with van der Waals surface area (Å²) in [6.07, 6.45) is 5.31. The molecular weight excluding hydrogens is 206 g/mol. The van der Waals surface area contributed by atoms with Gasteiger partial charge in [-0.1, -0.05) is 48.6 Å². The number of fused-ring (bicyclic) bond motifs is 4. The van der Waals surface area contributed by atoms with Gasteiger partial charge < -0.3 is 0 Å². The van der Waals surface area contributed by atoms with Crippen molar-refractivity contribution in [2.75, 3.05) is 0 Å². The molecule has 0 bridgehead atoms. The third-order valence-corrected chi connectivity index (χ3v) is 3.66. The Morgan fingerprint density at radius 2 is 1.76 bits per heavy atom. The predicted octanol–water partition coefficient (Wildman–Crippen LogP) is 3.27. The van der Waals surface area contributed by atoms with Crippen LogP contribution in [0, 0.1) is 5.41 Å². The van der Waals surface area contributed by atoms with Crippen molar-refractivity contribution in [1.82, 2.24) is 0 Å². The fraction of sp³-hybridized carbons (Fsp3) is 0.0625. The van der Waals surface area contributed by atoms with Crippen LogP contribution in [0.25, 0.3) is 22.9 Å². The molecule has 1 aliphatic carbocycles. The summed E-state index contributed by atoms with van der Waals surface area (Å²) in [5.41, 5.74) is 5.26. The van der Waals surface area contributed by atoms with Gasteiger partial charge in [0.1, 0.15) is 0 Å². The standard InChI is InChI=1S/C16H11N/c17-16-14-8-6-12-9-11-4-2-1-3-10(11)5-7-13(12)15(14)16/h1-8,17H,9H2. The summed E-state index contributed by atoms with van der Waals surface area (Å²) in [6, 6.07) is 12.8. The van der Waals surface area contributed by atoms with Crippen LogP contribution in [0.3, 0.4) is 0 Å². The van der Waals surface area contributed by atoms with Gasteiger partial charge in [-0.3, -0.25) is 5.41 Å². The largest absolute Gasteiger partial charge is 0.300 e. The molecule has 0 spiro atoms. The lowest BCUT2D eigenvalue weighted by Crippen LogP contribution is -1.90. The molecule has 1 heteroatoms. The van der Waals surface area contributed by atoms with Crippen molar-refractivity contribution in [3.8, 4) is 0 Å². The Morgan fingerprint density at radius 1 is 0.882 bits per heavy atom. The lowest BCUT2D eigenvalue weighted by atomic mass is 10.00. The van der Waals surface area contributed by atoms with E-state index in [0.29, 0.717) is 0 Å². The molecule has 1 aliphatic rings. The van der Waals surface area contributed by atoms with Crippen LogP contribution in [0.15, 0.2) is 36.4 Å². The van der Waals surface area contributed by atoms with Crippen molar-refractivity contribution in [2.45, 2.75) is 6.42 Å². The summed E-state index contributed by atoms with van der Waals surface area (Å²) in [5.74, 6) is 0. The van der Waals surface area contributed by atoms with Crippen LogP contribution in [0.5, 0.6) is 0 Å². The van der Waals surface area contributed by atoms with Gasteiger partial charge in [-0.2, -0.15) is 0 Å². The lowest BCUT2D eigenvalue weighted by molar-refractivity contribution is 1.19. The normalized spacial score (nSPS) is 13.6. The first-order valence-corrected chi connectivity index (χ1v) is 5.86. The molecule has 3 aromatic rings. The van der Waals surface area contributed by atoms with Crippen molar-refractivity contribution in [3.63, 3.8) is 0 Å². The first-order valence-electron chi connectivity index (χ1n) is 5.86. The van der Waals surface area contributed by atoms with Gasteiger partial charge in [0.25, 0.3) is 0 Å². The highest BCUT2D eigenvalue weighted by Gasteiger charge is 2.17. The molecule has 80 valence electrons. The monoisotopic (exact) mass is 217 g/mol. The SMILES string of the molecule is N=c1c2ccc3c(c12)C=Cc1ccccc1C3. The first-order chi connectivity index (χ1) is 8.34. The Kier molecular flexibility index (Phi) is 1.55. The first kappa shape index (κ1) is 8.94. The Labute approximate surface area is 99.2 Å². The highest BCUT2D eigenvalue weighted by molar-refractivity contribution is 6.05. The van der Waals surface area contributed by atoms with E-state index in [1.54, 1.807) is 0 Å². The van der Waals surface area contributed by atoms with Crippen LogP contribution in [0.4, 0.5) is 0 Å². The molecule has 0 unspecified atom stereocenters. The van der Waals surface area contributed by atoms with E-state index >= 15 is 0 Å². The third-order valence-electron chi connectivity index (χ3n) is 3.66. The van der Waals surface area contributed by atoms with Gasteiger partial charge in [0.05, 0.1) is 5.36 Å². The molecule has 0 aliphatic heterocycles. The van der Waals surface area contributed by atoms with Gasteiger partial charge in [0.2, 0.25) is 0 Å². The molecule has 17 heavy (non-hydrogen) atoms. The van der Waals surface area contributed by atoms with Crippen LogP contribution >= 0.6 is 0 Å². The van der Waals surface area contributed by atoms with Gasteiger partial charge in [-0.05, 0) is 28.7 Å². The Hall–Kier alpha value is -2.15. The molecule has 0 radical (unpaired) electrons. The van der Waals surface area contributed by atoms with Gasteiger partial charge in [-0.25, -0.2) is 0 Å². The Bertz CT molecular complexity index is 783. The average Bonchev–Trinajstić information content (AvgIpc) is 3.04. The Morgan fingerprint density at radius 3 is 2.71 bits per heavy atom. The second-order valence-electron chi connectivity index (χ2n) is 4.64. The van der Waals surface area contributed by atoms with Crippen molar-refractivity contribution in [2.24, 2.45) is 0 Å². The van der Waals surface area contributed by atoms with E-state index in [1.165, 1.54) is 22.3 Å². The van der Waals surface area contributed by atoms with Crippen LogP contribution in [-0.2, 0) is 6.42 Å². The summed E-state index contributed by atoms with van der Waals surface area (Å²) in [5, 5.41) is 10.8. The number of nitrogens with one attached hydrogen (secondary N) is 1. The zero-order valence-electron chi connectivity index (χ0n) is 9.33. The van der Waals surface area contributed by atoms with E-state index < -0.39 is 0 Å². The van der Waals surface area contributed by atoms with E-state index in [1.807, 2.05) is 0 Å². The number of hydrogen-bond donors (Lipinski definition) is 1. The van der Waals surface area contributed by atoms with E-state index in [-0.39, 0.29) is 0 Å². The summed E-state index contributed by atoms with van der Waals surface area (Å²) in [6.45, 7) is 0. The van der Waals surface area contributed by atoms with Crippen molar-refractivity contribution in [1.29, 1.82) is 5.41 Å². The minimum absolute atomic E-state index is 0.724. The molecule has 0 atom stereocenters. The molecule has 0 heterocycles. The van der Waals surface area contributed by atoms with Gasteiger partial charge in [0, 0.05) is 10.8 Å². The minimum Gasteiger partial charge on any atom is -0.300 e. The molecule has 1 N–H and O–H groups in total. The molecule has 0 saturated heterocycles. The summed E-state index contributed by atoms with van der Waals surface area (Å²) in [7, 11) is 0. The number of benzene rings is 2. The number of hydrogen-bond acceptors (Lipinski definition) is 1. The fourth-order valence-corrected chi connectivity index (χ4v) is 2.66. The van der Waals surface area contributed by atoms with Crippen molar-refractivity contribution in [3.05, 3.63) is 64.0 Å².